The van der Waals surface area contributed by atoms with Crippen molar-refractivity contribution in [2.24, 2.45) is 0 Å². The van der Waals surface area contributed by atoms with Crippen molar-refractivity contribution >= 4 is 17.5 Å². The molecule has 2 rings (SSSR count). The van der Waals surface area contributed by atoms with Crippen molar-refractivity contribution in [1.82, 2.24) is 10.2 Å². The van der Waals surface area contributed by atoms with Gasteiger partial charge in [-0.25, -0.2) is 0 Å². The molecule has 0 aromatic heterocycles. The second-order valence-electron chi connectivity index (χ2n) is 5.72. The summed E-state index contributed by atoms with van der Waals surface area (Å²) < 4.78 is 0. The van der Waals surface area contributed by atoms with E-state index in [9.17, 15) is 9.59 Å². The van der Waals surface area contributed by atoms with Crippen LogP contribution in [0.15, 0.2) is 18.2 Å². The summed E-state index contributed by atoms with van der Waals surface area (Å²) in [7, 11) is 3.43. The summed E-state index contributed by atoms with van der Waals surface area (Å²) in [5.41, 5.74) is 2.24. The molecule has 0 bridgehead atoms. The van der Waals surface area contributed by atoms with Gasteiger partial charge in [-0.3, -0.25) is 9.59 Å². The smallest absolute Gasteiger partial charge is 0.253 e. The lowest BCUT2D eigenvalue weighted by atomic mass is 10.0. The van der Waals surface area contributed by atoms with Gasteiger partial charge in [0, 0.05) is 25.3 Å². The second kappa shape index (κ2) is 6.72. The third-order valence-corrected chi connectivity index (χ3v) is 3.78. The van der Waals surface area contributed by atoms with Crippen molar-refractivity contribution in [1.29, 1.82) is 0 Å². The molecule has 0 unspecified atom stereocenters. The minimum atomic E-state index is -0.133. The molecule has 1 heterocycles. The zero-order valence-electron chi connectivity index (χ0n) is 12.9. The maximum atomic E-state index is 12.3. The van der Waals surface area contributed by atoms with E-state index >= 15 is 0 Å². The molecule has 21 heavy (non-hydrogen) atoms. The number of piperidine rings is 1. The summed E-state index contributed by atoms with van der Waals surface area (Å²) in [5.74, 6) is -0.0893. The van der Waals surface area contributed by atoms with Crippen molar-refractivity contribution in [3.63, 3.8) is 0 Å². The number of amides is 2. The lowest BCUT2D eigenvalue weighted by Crippen LogP contribution is -2.43. The monoisotopic (exact) mass is 289 g/mol. The van der Waals surface area contributed by atoms with E-state index in [1.54, 1.807) is 26.2 Å². The first-order valence-electron chi connectivity index (χ1n) is 7.35. The Balaban J connectivity index is 2.13. The predicted molar refractivity (Wildman–Crippen MR) is 83.5 cm³/mol. The van der Waals surface area contributed by atoms with Crippen LogP contribution in [0.4, 0.5) is 5.69 Å². The Morgan fingerprint density at radius 3 is 2.67 bits per heavy atom. The van der Waals surface area contributed by atoms with Crippen LogP contribution in [0, 0.1) is 6.92 Å². The maximum absolute atomic E-state index is 12.3. The summed E-state index contributed by atoms with van der Waals surface area (Å²) in [4.78, 5) is 25.8. The van der Waals surface area contributed by atoms with Crippen molar-refractivity contribution in [3.05, 3.63) is 29.3 Å². The lowest BCUT2D eigenvalue weighted by Gasteiger charge is -2.23. The van der Waals surface area contributed by atoms with Gasteiger partial charge in [0.2, 0.25) is 5.91 Å². The number of hydrogen-bond acceptors (Lipinski definition) is 3. The Bertz CT molecular complexity index is 534. The molecular weight excluding hydrogens is 266 g/mol. The molecule has 114 valence electrons. The number of anilines is 1. The average Bonchev–Trinajstić information content (AvgIpc) is 2.49. The van der Waals surface area contributed by atoms with E-state index < -0.39 is 0 Å². The third-order valence-electron chi connectivity index (χ3n) is 3.78. The summed E-state index contributed by atoms with van der Waals surface area (Å²) >= 11 is 0. The zero-order valence-corrected chi connectivity index (χ0v) is 12.9. The fourth-order valence-corrected chi connectivity index (χ4v) is 2.44. The molecule has 0 spiro atoms. The van der Waals surface area contributed by atoms with E-state index in [1.165, 1.54) is 4.90 Å². The number of aryl methyl sites for hydroxylation is 1. The molecule has 1 aromatic rings. The molecule has 1 saturated heterocycles. The number of carbonyl (C=O) groups excluding carboxylic acids is 2. The molecule has 1 aliphatic rings. The van der Waals surface area contributed by atoms with Crippen molar-refractivity contribution in [2.75, 3.05) is 26.0 Å². The highest BCUT2D eigenvalue weighted by molar-refractivity contribution is 5.99. The third kappa shape index (κ3) is 3.82. The maximum Gasteiger partial charge on any atom is 0.253 e. The fraction of sp³-hybridized carbons (Fsp3) is 0.500. The van der Waals surface area contributed by atoms with Gasteiger partial charge in [0.25, 0.3) is 5.91 Å². The molecule has 1 aliphatic heterocycles. The van der Waals surface area contributed by atoms with Gasteiger partial charge in [-0.15, -0.1) is 0 Å². The predicted octanol–water partition coefficient (Wildman–Crippen LogP) is 1.78. The summed E-state index contributed by atoms with van der Waals surface area (Å²) in [6, 6.07) is 5.26. The molecule has 1 fully saturated rings. The molecule has 1 atom stereocenters. The molecule has 2 N–H and O–H groups in total. The lowest BCUT2D eigenvalue weighted by molar-refractivity contribution is -0.118. The summed E-state index contributed by atoms with van der Waals surface area (Å²) in [6.07, 6.45) is 3.06. The van der Waals surface area contributed by atoms with Gasteiger partial charge in [0.1, 0.15) is 0 Å². The topological polar surface area (TPSA) is 61.4 Å². The Hall–Kier alpha value is -1.88. The second-order valence-corrected chi connectivity index (χ2v) is 5.72. The van der Waals surface area contributed by atoms with Gasteiger partial charge in [0.15, 0.2) is 0 Å². The molecular formula is C16H23N3O2. The van der Waals surface area contributed by atoms with Crippen LogP contribution in [0.1, 0.15) is 35.2 Å². The number of carbonyl (C=O) groups is 2. The van der Waals surface area contributed by atoms with Crippen LogP contribution in [0.2, 0.25) is 0 Å². The highest BCUT2D eigenvalue weighted by Gasteiger charge is 2.21. The van der Waals surface area contributed by atoms with Gasteiger partial charge in [-0.05, 0) is 44.0 Å². The summed E-state index contributed by atoms with van der Waals surface area (Å²) in [6.45, 7) is 2.81. The molecule has 5 nitrogen and oxygen atoms in total. The SMILES string of the molecule is Cc1ccc(C(=O)N(C)C)cc1NC(=O)[C@H]1CCCCN1. The van der Waals surface area contributed by atoms with Crippen molar-refractivity contribution in [3.8, 4) is 0 Å². The molecule has 0 saturated carbocycles. The van der Waals surface area contributed by atoms with E-state index in [4.69, 9.17) is 0 Å². The largest absolute Gasteiger partial charge is 0.345 e. The van der Waals surface area contributed by atoms with Crippen LogP contribution in [0.3, 0.4) is 0 Å². The molecule has 0 aliphatic carbocycles. The first kappa shape index (κ1) is 15.5. The first-order valence-corrected chi connectivity index (χ1v) is 7.35. The van der Waals surface area contributed by atoms with E-state index in [0.717, 1.165) is 31.4 Å². The van der Waals surface area contributed by atoms with E-state index in [0.29, 0.717) is 11.3 Å². The Morgan fingerprint density at radius 2 is 2.05 bits per heavy atom. The van der Waals surface area contributed by atoms with Gasteiger partial charge < -0.3 is 15.5 Å². The Morgan fingerprint density at radius 1 is 1.29 bits per heavy atom. The molecule has 1 aromatic carbocycles. The average molecular weight is 289 g/mol. The van der Waals surface area contributed by atoms with Gasteiger partial charge in [-0.2, -0.15) is 0 Å². The molecule has 0 radical (unpaired) electrons. The molecule has 2 amide bonds. The Kier molecular flexibility index (Phi) is 4.96. The van der Waals surface area contributed by atoms with E-state index in [-0.39, 0.29) is 17.9 Å². The number of benzene rings is 1. The molecule has 5 heteroatoms. The zero-order chi connectivity index (χ0) is 15.4. The number of nitrogens with zero attached hydrogens (tertiary/aromatic N) is 1. The fourth-order valence-electron chi connectivity index (χ4n) is 2.44. The van der Waals surface area contributed by atoms with Crippen molar-refractivity contribution in [2.45, 2.75) is 32.2 Å². The van der Waals surface area contributed by atoms with E-state index in [2.05, 4.69) is 10.6 Å². The van der Waals surface area contributed by atoms with Crippen LogP contribution in [0.25, 0.3) is 0 Å². The number of hydrogen-bond donors (Lipinski definition) is 2. The van der Waals surface area contributed by atoms with Crippen LogP contribution in [0.5, 0.6) is 0 Å². The Labute approximate surface area is 125 Å². The highest BCUT2D eigenvalue weighted by Crippen LogP contribution is 2.19. The minimum absolute atomic E-state index is 0.0211. The number of rotatable bonds is 3. The summed E-state index contributed by atoms with van der Waals surface area (Å²) in [5, 5.41) is 6.17. The van der Waals surface area contributed by atoms with Crippen molar-refractivity contribution < 1.29 is 9.59 Å². The van der Waals surface area contributed by atoms with Crippen LogP contribution in [-0.4, -0.2) is 43.4 Å². The van der Waals surface area contributed by atoms with E-state index in [1.807, 2.05) is 13.0 Å². The normalized spacial score (nSPS) is 18.1. The van der Waals surface area contributed by atoms with Gasteiger partial charge >= 0.3 is 0 Å². The van der Waals surface area contributed by atoms with Crippen LogP contribution >= 0.6 is 0 Å². The number of nitrogens with one attached hydrogen (secondary N) is 2. The minimum Gasteiger partial charge on any atom is -0.345 e. The first-order chi connectivity index (χ1) is 9.99. The van der Waals surface area contributed by atoms with Gasteiger partial charge in [0.05, 0.1) is 6.04 Å². The standard InChI is InChI=1S/C16H23N3O2/c1-11-7-8-12(16(21)19(2)3)10-14(11)18-15(20)13-6-4-5-9-17-13/h7-8,10,13,17H,4-6,9H2,1-3H3,(H,18,20)/t13-/m1/s1. The van der Waals surface area contributed by atoms with Crippen LogP contribution in [-0.2, 0) is 4.79 Å². The quantitative estimate of drug-likeness (QED) is 0.891. The highest BCUT2D eigenvalue weighted by atomic mass is 16.2. The van der Waals surface area contributed by atoms with Crippen LogP contribution < -0.4 is 10.6 Å². The van der Waals surface area contributed by atoms with Gasteiger partial charge in [-0.1, -0.05) is 12.5 Å².